The monoisotopic (exact) mass is 1020 g/mol. The van der Waals surface area contributed by atoms with Crippen molar-refractivity contribution in [3.8, 4) is 0 Å². The molecule has 6 aliphatic heterocycles. The normalized spacial score (nSPS) is 18.8. The Hall–Kier alpha value is -7.36. The molecule has 0 saturated carbocycles. The molecule has 3 saturated heterocycles. The van der Waals surface area contributed by atoms with E-state index in [1.165, 1.54) is 11.1 Å². The molecule has 0 unspecified atom stereocenters. The average Bonchev–Trinajstić information content (AvgIpc) is 4.01. The third-order valence-corrected chi connectivity index (χ3v) is 16.0. The summed E-state index contributed by atoms with van der Waals surface area (Å²) < 4.78 is 40.5. The Labute approximate surface area is 436 Å². The van der Waals surface area contributed by atoms with Crippen LogP contribution < -0.4 is 21.3 Å². The minimum Gasteiger partial charge on any atom is -0.384 e. The van der Waals surface area contributed by atoms with Gasteiger partial charge < -0.3 is 26.2 Å². The molecule has 4 amide bonds. The highest BCUT2D eigenvalue weighted by atomic mass is 19.4. The van der Waals surface area contributed by atoms with E-state index in [4.69, 9.17) is 5.73 Å². The van der Waals surface area contributed by atoms with Gasteiger partial charge in [0, 0.05) is 55.4 Å². The van der Waals surface area contributed by atoms with Gasteiger partial charge in [0.2, 0.25) is 23.6 Å². The summed E-state index contributed by atoms with van der Waals surface area (Å²) in [7, 11) is 0. The van der Waals surface area contributed by atoms with Gasteiger partial charge in [0.1, 0.15) is 5.82 Å². The van der Waals surface area contributed by atoms with Crippen molar-refractivity contribution < 1.29 is 32.3 Å². The van der Waals surface area contributed by atoms with Crippen molar-refractivity contribution in [3.63, 3.8) is 0 Å². The summed E-state index contributed by atoms with van der Waals surface area (Å²) in [5.74, 6) is 0.801. The fourth-order valence-electron chi connectivity index (χ4n) is 12.1. The van der Waals surface area contributed by atoms with Crippen LogP contribution in [0.1, 0.15) is 83.0 Å². The molecule has 12 nitrogen and oxygen atoms in total. The summed E-state index contributed by atoms with van der Waals surface area (Å²) in [6, 6.07) is 41.8. The first kappa shape index (κ1) is 51.1. The van der Waals surface area contributed by atoms with E-state index in [2.05, 4.69) is 61.8 Å². The number of hydrogen-bond donors (Lipinski definition) is 3. The minimum absolute atomic E-state index is 0.0416. The number of alkyl halides is 3. The molecule has 0 atom stereocenters. The zero-order valence-corrected chi connectivity index (χ0v) is 42.3. The number of para-hydroxylation sites is 3. The summed E-state index contributed by atoms with van der Waals surface area (Å²) in [5, 5.41) is 5.82. The van der Waals surface area contributed by atoms with Gasteiger partial charge in [-0.1, -0.05) is 96.6 Å². The number of rotatable bonds is 7. The average molecular weight is 1020 g/mol. The fourth-order valence-corrected chi connectivity index (χ4v) is 12.1. The largest absolute Gasteiger partial charge is 0.416 e. The lowest BCUT2D eigenvalue weighted by Crippen LogP contribution is -2.52. The van der Waals surface area contributed by atoms with E-state index in [1.807, 2.05) is 83.8 Å². The maximum absolute atomic E-state index is 14.1. The van der Waals surface area contributed by atoms with Crippen LogP contribution in [0, 0.1) is 12.8 Å². The van der Waals surface area contributed by atoms with Crippen LogP contribution in [0.25, 0.3) is 0 Å². The van der Waals surface area contributed by atoms with Gasteiger partial charge in [0.15, 0.2) is 0 Å². The Kier molecular flexibility index (Phi) is 14.6. The van der Waals surface area contributed by atoms with Crippen molar-refractivity contribution in [2.75, 3.05) is 60.5 Å². The van der Waals surface area contributed by atoms with Crippen LogP contribution in [0.5, 0.6) is 0 Å². The van der Waals surface area contributed by atoms with Gasteiger partial charge in [-0.05, 0) is 147 Å². The van der Waals surface area contributed by atoms with Gasteiger partial charge in [-0.15, -0.1) is 0 Å². The molecule has 4 N–H and O–H groups in total. The number of nitrogens with one attached hydrogen (secondary N) is 2. The number of pyridine rings is 1. The van der Waals surface area contributed by atoms with Crippen LogP contribution in [0.15, 0.2) is 140 Å². The first-order valence-electron chi connectivity index (χ1n) is 26.0. The molecule has 12 rings (SSSR count). The number of likely N-dealkylation sites (tertiary alicyclic amines) is 3. The van der Waals surface area contributed by atoms with Crippen molar-refractivity contribution >= 4 is 46.5 Å². The summed E-state index contributed by atoms with van der Waals surface area (Å²) in [6.07, 6.45) is 2.16. The highest BCUT2D eigenvalue weighted by Crippen LogP contribution is 2.49. The van der Waals surface area contributed by atoms with E-state index < -0.39 is 17.2 Å². The Morgan fingerprint density at radius 1 is 0.653 bits per heavy atom. The standard InChI is InChI=1S/C33H36F3N5O2.C19H20N2O.C8H7NO/c1-22-16-24(18-26(17-22)33(34,35)36)21-41-28-5-3-2-4-27(28)32(31(41)43)9-14-40(15-10-32)30(42)25-7-12-39(13-8-25)20-23-6-11-38-29(37)19-23;22-18-19(16-8-4-5-9-17(16)20-18)10-12-21(13-11-19)14-15-6-2-1-3-7-15;10-8-5-6-3-1-2-4-7(6)9-8/h2-6,11,16-19,25H,7-10,12-15,20-21H2,1H3,(H2,37,38);1-9H,10-14H2,(H,20,22);1-4H,5H2,(H,9,10). The number of carbonyl (C=O) groups is 4. The highest BCUT2D eigenvalue weighted by molar-refractivity contribution is 6.08. The van der Waals surface area contributed by atoms with Crippen molar-refractivity contribution in [2.45, 2.75) is 88.5 Å². The molecule has 5 aromatic carbocycles. The number of piperidine rings is 3. The lowest BCUT2D eigenvalue weighted by Gasteiger charge is -2.41. The maximum atomic E-state index is 14.1. The van der Waals surface area contributed by atoms with E-state index in [-0.39, 0.29) is 41.5 Å². The predicted octanol–water partition coefficient (Wildman–Crippen LogP) is 9.66. The number of hydrogen-bond acceptors (Lipinski definition) is 8. The van der Waals surface area contributed by atoms with Gasteiger partial charge >= 0.3 is 6.18 Å². The second-order valence-electron chi connectivity index (χ2n) is 20.9. The van der Waals surface area contributed by atoms with Gasteiger partial charge in [-0.3, -0.25) is 29.0 Å². The van der Waals surface area contributed by atoms with E-state index in [0.717, 1.165) is 111 Å². The second-order valence-corrected chi connectivity index (χ2v) is 20.9. The van der Waals surface area contributed by atoms with Crippen LogP contribution in [0.2, 0.25) is 0 Å². The SMILES string of the molecule is Cc1cc(CN2C(=O)C3(CCN(C(=O)C4CCN(Cc5ccnc(N)c5)CC4)CC3)c3ccccc32)cc(C(F)(F)F)c1.O=C1Cc2ccccc2N1.O=C1Nc2ccccc2C12CCN(Cc1ccccc1)CC2. The Morgan fingerprint density at radius 2 is 1.28 bits per heavy atom. The second kappa shape index (κ2) is 21.5. The zero-order valence-electron chi connectivity index (χ0n) is 42.3. The number of nitrogens with two attached hydrogens (primary N) is 1. The first-order chi connectivity index (χ1) is 36.2. The molecule has 7 heterocycles. The predicted molar refractivity (Wildman–Crippen MR) is 284 cm³/mol. The van der Waals surface area contributed by atoms with E-state index in [0.29, 0.717) is 49.3 Å². The zero-order chi connectivity index (χ0) is 52.3. The van der Waals surface area contributed by atoms with Gasteiger partial charge in [0.25, 0.3) is 0 Å². The van der Waals surface area contributed by atoms with Crippen LogP contribution in [-0.2, 0) is 62.2 Å². The molecule has 0 bridgehead atoms. The van der Waals surface area contributed by atoms with Gasteiger partial charge in [0.05, 0.1) is 29.4 Å². The molecular formula is C60H63F3N8O4. The molecular weight excluding hydrogens is 954 g/mol. The Morgan fingerprint density at radius 3 is 1.99 bits per heavy atom. The molecule has 0 radical (unpaired) electrons. The number of halogens is 3. The summed E-state index contributed by atoms with van der Waals surface area (Å²) in [4.78, 5) is 63.3. The molecule has 2 spiro atoms. The topological polar surface area (TPSA) is 144 Å². The van der Waals surface area contributed by atoms with Crippen molar-refractivity contribution in [2.24, 2.45) is 5.92 Å². The minimum atomic E-state index is -4.46. The summed E-state index contributed by atoms with van der Waals surface area (Å²) in [6.45, 7) is 7.99. The van der Waals surface area contributed by atoms with Crippen LogP contribution >= 0.6 is 0 Å². The quantitative estimate of drug-likeness (QED) is 0.144. The number of nitrogen functional groups attached to an aromatic ring is 1. The lowest BCUT2D eigenvalue weighted by atomic mass is 9.73. The summed E-state index contributed by atoms with van der Waals surface area (Å²) in [5.41, 5.74) is 13.3. The number of amides is 4. The summed E-state index contributed by atoms with van der Waals surface area (Å²) >= 11 is 0. The van der Waals surface area contributed by atoms with Gasteiger partial charge in [-0.25, -0.2) is 4.98 Å². The Balaban J connectivity index is 0.000000163. The molecule has 75 heavy (non-hydrogen) atoms. The molecule has 388 valence electrons. The van der Waals surface area contributed by atoms with E-state index >= 15 is 0 Å². The number of fused-ring (bicyclic) bond motifs is 5. The number of aryl methyl sites for hydroxylation is 1. The van der Waals surface area contributed by atoms with Gasteiger partial charge in [-0.2, -0.15) is 13.2 Å². The van der Waals surface area contributed by atoms with E-state index in [1.54, 1.807) is 24.1 Å². The van der Waals surface area contributed by atoms with Crippen molar-refractivity contribution in [1.29, 1.82) is 0 Å². The lowest BCUT2D eigenvalue weighted by molar-refractivity contribution is -0.140. The Bertz CT molecular complexity index is 3040. The molecule has 6 aliphatic rings. The van der Waals surface area contributed by atoms with Crippen molar-refractivity contribution in [3.05, 3.63) is 184 Å². The van der Waals surface area contributed by atoms with E-state index in [9.17, 15) is 32.3 Å². The smallest absolute Gasteiger partial charge is 0.384 e. The first-order valence-corrected chi connectivity index (χ1v) is 26.0. The highest BCUT2D eigenvalue weighted by Gasteiger charge is 2.53. The third-order valence-electron chi connectivity index (χ3n) is 16.0. The fraction of sp³-hybridized carbons (Fsp3) is 0.350. The maximum Gasteiger partial charge on any atom is 0.416 e. The molecule has 15 heteroatoms. The number of aromatic nitrogens is 1. The third kappa shape index (κ3) is 10.9. The molecule has 3 fully saturated rings. The molecule has 0 aliphatic carbocycles. The number of benzene rings is 5. The molecule has 1 aromatic heterocycles. The van der Waals surface area contributed by atoms with Crippen LogP contribution in [-0.4, -0.2) is 82.6 Å². The number of nitrogens with zero attached hydrogens (tertiary/aromatic N) is 5. The van der Waals surface area contributed by atoms with Crippen LogP contribution in [0.3, 0.4) is 0 Å². The van der Waals surface area contributed by atoms with Crippen molar-refractivity contribution in [1.82, 2.24) is 19.7 Å². The van der Waals surface area contributed by atoms with Crippen LogP contribution in [0.4, 0.5) is 36.1 Å². The number of carbonyl (C=O) groups excluding carboxylic acids is 4. The number of anilines is 4. The molecule has 6 aromatic rings.